The van der Waals surface area contributed by atoms with Gasteiger partial charge in [0.25, 0.3) is 0 Å². The van der Waals surface area contributed by atoms with Gasteiger partial charge in [0.05, 0.1) is 0 Å². The van der Waals surface area contributed by atoms with Crippen molar-refractivity contribution in [1.82, 2.24) is 10.6 Å². The molecule has 3 nitrogen and oxygen atoms in total. The second-order valence-electron chi connectivity index (χ2n) is 2.55. The second-order valence-corrected chi connectivity index (χ2v) is 2.55. The summed E-state index contributed by atoms with van der Waals surface area (Å²) in [5, 5.41) is 0. The predicted molar refractivity (Wildman–Crippen MR) is 45.1 cm³/mol. The van der Waals surface area contributed by atoms with Gasteiger partial charge in [0.15, 0.2) is 0 Å². The van der Waals surface area contributed by atoms with Crippen molar-refractivity contribution in [3.63, 3.8) is 0 Å². The fourth-order valence-electron chi connectivity index (χ4n) is 1.00. The van der Waals surface area contributed by atoms with Crippen molar-refractivity contribution in [3.8, 4) is 0 Å². The molecule has 3 heteroatoms. The van der Waals surface area contributed by atoms with E-state index in [9.17, 15) is 4.79 Å². The Bertz CT molecular complexity index is 111. The highest BCUT2D eigenvalue weighted by atomic mass is 16.1. The summed E-state index contributed by atoms with van der Waals surface area (Å²) in [5.74, 6) is -0.447. The molecular weight excluding hydrogens is 140 g/mol. The number of amides is 1. The van der Waals surface area contributed by atoms with Crippen LogP contribution in [0.1, 0.15) is 26.7 Å². The summed E-state index contributed by atoms with van der Waals surface area (Å²) < 4.78 is 0. The second kappa shape index (κ2) is 6.16. The highest BCUT2D eigenvalue weighted by Crippen LogP contribution is 1.93. The predicted octanol–water partition coefficient (Wildman–Crippen LogP) is 0.918. The van der Waals surface area contributed by atoms with Crippen LogP contribution in [0.5, 0.6) is 0 Å². The number of hydrogen-bond donors (Lipinski definition) is 0. The van der Waals surface area contributed by atoms with Gasteiger partial charge in [0.2, 0.25) is 5.91 Å². The van der Waals surface area contributed by atoms with Crippen LogP contribution in [0.15, 0.2) is 0 Å². The maximum atomic E-state index is 10.3. The molecule has 0 aromatic rings. The van der Waals surface area contributed by atoms with Crippen molar-refractivity contribution < 1.29 is 4.79 Å². The summed E-state index contributed by atoms with van der Waals surface area (Å²) in [6.07, 6.45) is 1.22. The summed E-state index contributed by atoms with van der Waals surface area (Å²) in [4.78, 5) is 12.5. The molecule has 0 saturated heterocycles. The minimum absolute atomic E-state index is 0.399. The third-order valence-electron chi connectivity index (χ3n) is 1.77. The van der Waals surface area contributed by atoms with E-state index < -0.39 is 5.91 Å². The SMILES string of the molecule is CCN(CC)CCCC([NH])=O. The van der Waals surface area contributed by atoms with Gasteiger partial charge in [-0.1, -0.05) is 13.8 Å². The quantitative estimate of drug-likeness (QED) is 0.575. The first-order valence-corrected chi connectivity index (χ1v) is 4.17. The van der Waals surface area contributed by atoms with Crippen molar-refractivity contribution >= 4 is 5.91 Å². The van der Waals surface area contributed by atoms with Crippen molar-refractivity contribution in [2.24, 2.45) is 0 Å². The Hall–Kier alpha value is -0.570. The standard InChI is InChI=1S/C8H17N2O/c1-3-10(4-2)7-5-6-8(9)11/h9H,3-7H2,1-2H3. The molecule has 0 aromatic carbocycles. The molecule has 0 bridgehead atoms. The molecule has 0 heterocycles. The Kier molecular flexibility index (Phi) is 5.84. The minimum Gasteiger partial charge on any atom is -0.304 e. The smallest absolute Gasteiger partial charge is 0.238 e. The topological polar surface area (TPSA) is 44.1 Å². The van der Waals surface area contributed by atoms with E-state index in [1.807, 2.05) is 0 Å². The molecule has 0 aliphatic rings. The van der Waals surface area contributed by atoms with Crippen molar-refractivity contribution in [3.05, 3.63) is 0 Å². The fourth-order valence-corrected chi connectivity index (χ4v) is 1.00. The number of nitrogens with one attached hydrogen (secondary N) is 1. The van der Waals surface area contributed by atoms with Crippen molar-refractivity contribution in [2.75, 3.05) is 19.6 Å². The van der Waals surface area contributed by atoms with E-state index in [2.05, 4.69) is 18.7 Å². The van der Waals surface area contributed by atoms with Gasteiger partial charge >= 0.3 is 0 Å². The van der Waals surface area contributed by atoms with Gasteiger partial charge in [-0.3, -0.25) is 10.5 Å². The molecule has 0 atom stereocenters. The first-order valence-electron chi connectivity index (χ1n) is 4.17. The van der Waals surface area contributed by atoms with E-state index in [0.717, 1.165) is 26.1 Å². The van der Waals surface area contributed by atoms with Crippen LogP contribution in [-0.2, 0) is 4.79 Å². The number of hydrogen-bond acceptors (Lipinski definition) is 2. The molecule has 0 fully saturated rings. The largest absolute Gasteiger partial charge is 0.304 e. The Balaban J connectivity index is 3.28. The summed E-state index contributed by atoms with van der Waals surface area (Å²) in [6.45, 7) is 7.21. The van der Waals surface area contributed by atoms with Crippen LogP contribution in [0.3, 0.4) is 0 Å². The molecular formula is C8H17N2O. The molecule has 0 unspecified atom stereocenters. The molecule has 1 N–H and O–H groups in total. The summed E-state index contributed by atoms with van der Waals surface area (Å²) in [5.41, 5.74) is 6.68. The van der Waals surface area contributed by atoms with Crippen LogP contribution in [0, 0.1) is 0 Å². The zero-order valence-electron chi connectivity index (χ0n) is 7.39. The van der Waals surface area contributed by atoms with Gasteiger partial charge in [0.1, 0.15) is 0 Å². The lowest BCUT2D eigenvalue weighted by molar-refractivity contribution is -0.118. The van der Waals surface area contributed by atoms with Crippen LogP contribution in [0.4, 0.5) is 0 Å². The van der Waals surface area contributed by atoms with E-state index in [1.54, 1.807) is 0 Å². The normalized spacial score (nSPS) is 10.5. The molecule has 0 spiro atoms. The van der Waals surface area contributed by atoms with Crippen molar-refractivity contribution in [1.29, 1.82) is 0 Å². The lowest BCUT2D eigenvalue weighted by Crippen LogP contribution is -2.24. The molecule has 11 heavy (non-hydrogen) atoms. The van der Waals surface area contributed by atoms with E-state index in [0.29, 0.717) is 6.42 Å². The van der Waals surface area contributed by atoms with E-state index >= 15 is 0 Å². The lowest BCUT2D eigenvalue weighted by Gasteiger charge is -2.16. The molecule has 1 amide bonds. The van der Waals surface area contributed by atoms with Crippen LogP contribution < -0.4 is 5.73 Å². The highest BCUT2D eigenvalue weighted by molar-refractivity contribution is 5.72. The van der Waals surface area contributed by atoms with Gasteiger partial charge in [-0.25, -0.2) is 0 Å². The molecule has 0 aliphatic heterocycles. The zero-order chi connectivity index (χ0) is 8.69. The van der Waals surface area contributed by atoms with Crippen LogP contribution >= 0.6 is 0 Å². The average Bonchev–Trinajstić information content (AvgIpc) is 1.98. The zero-order valence-corrected chi connectivity index (χ0v) is 7.39. The van der Waals surface area contributed by atoms with Gasteiger partial charge < -0.3 is 4.90 Å². The molecule has 0 rings (SSSR count). The van der Waals surface area contributed by atoms with E-state index in [-0.39, 0.29) is 0 Å². The third-order valence-corrected chi connectivity index (χ3v) is 1.77. The van der Waals surface area contributed by atoms with Crippen molar-refractivity contribution in [2.45, 2.75) is 26.7 Å². The average molecular weight is 157 g/mol. The van der Waals surface area contributed by atoms with Gasteiger partial charge in [-0.05, 0) is 26.1 Å². The molecule has 0 aromatic heterocycles. The van der Waals surface area contributed by atoms with Gasteiger partial charge in [-0.2, -0.15) is 0 Å². The van der Waals surface area contributed by atoms with Crippen LogP contribution in [0.2, 0.25) is 0 Å². The summed E-state index contributed by atoms with van der Waals surface area (Å²) >= 11 is 0. The van der Waals surface area contributed by atoms with Crippen LogP contribution in [0.25, 0.3) is 0 Å². The van der Waals surface area contributed by atoms with E-state index in [4.69, 9.17) is 5.73 Å². The Labute approximate surface area is 68.6 Å². The van der Waals surface area contributed by atoms with E-state index in [1.165, 1.54) is 0 Å². The van der Waals surface area contributed by atoms with Gasteiger partial charge in [-0.15, -0.1) is 0 Å². The highest BCUT2D eigenvalue weighted by Gasteiger charge is 1.99. The molecule has 1 radical (unpaired) electrons. The maximum absolute atomic E-state index is 10.3. The monoisotopic (exact) mass is 157 g/mol. The Morgan fingerprint density at radius 2 is 1.91 bits per heavy atom. The third kappa shape index (κ3) is 5.85. The summed E-state index contributed by atoms with van der Waals surface area (Å²) in [7, 11) is 0. The molecule has 0 aliphatic carbocycles. The number of carbonyl (C=O) groups excluding carboxylic acids is 1. The number of carbonyl (C=O) groups is 1. The molecule has 65 valence electrons. The van der Waals surface area contributed by atoms with Gasteiger partial charge in [0, 0.05) is 6.42 Å². The maximum Gasteiger partial charge on any atom is 0.238 e. The first-order chi connectivity index (χ1) is 5.20. The minimum atomic E-state index is -0.447. The van der Waals surface area contributed by atoms with Crippen LogP contribution in [-0.4, -0.2) is 30.4 Å². The number of nitrogens with zero attached hydrogens (tertiary/aromatic N) is 1. The Morgan fingerprint density at radius 3 is 2.27 bits per heavy atom. The fraction of sp³-hybridized carbons (Fsp3) is 0.875. The summed E-state index contributed by atoms with van der Waals surface area (Å²) in [6, 6.07) is 0. The first kappa shape index (κ1) is 10.4. The molecule has 0 saturated carbocycles. The lowest BCUT2D eigenvalue weighted by atomic mass is 10.3. The Morgan fingerprint density at radius 1 is 1.36 bits per heavy atom. The number of rotatable bonds is 6.